The van der Waals surface area contributed by atoms with E-state index in [-0.39, 0.29) is 18.4 Å². The van der Waals surface area contributed by atoms with Gasteiger partial charge in [0.25, 0.3) is 5.91 Å². The maximum Gasteiger partial charge on any atom is 0.261 e. The largest absolute Gasteiger partial charge is 0.484 e. The Labute approximate surface area is 206 Å². The minimum Gasteiger partial charge on any atom is -0.484 e. The molecule has 5 nitrogen and oxygen atoms in total. The highest BCUT2D eigenvalue weighted by atomic mass is 35.5. The van der Waals surface area contributed by atoms with Gasteiger partial charge in [-0.1, -0.05) is 85.6 Å². The number of rotatable bonds is 12. The summed E-state index contributed by atoms with van der Waals surface area (Å²) >= 11 is 5.95. The molecule has 1 N–H and O–H groups in total. The van der Waals surface area contributed by atoms with Crippen molar-refractivity contribution in [1.29, 1.82) is 0 Å². The highest BCUT2D eigenvalue weighted by molar-refractivity contribution is 6.30. The van der Waals surface area contributed by atoms with Crippen molar-refractivity contribution in [3.63, 3.8) is 0 Å². The minimum atomic E-state index is -0.666. The topological polar surface area (TPSA) is 58.6 Å². The van der Waals surface area contributed by atoms with Crippen molar-refractivity contribution in [2.24, 2.45) is 0 Å². The van der Waals surface area contributed by atoms with Gasteiger partial charge in [-0.15, -0.1) is 0 Å². The van der Waals surface area contributed by atoms with Crippen molar-refractivity contribution >= 4 is 23.4 Å². The Balaban J connectivity index is 1.85. The number of nitrogens with zero attached hydrogens (tertiary/aromatic N) is 1. The summed E-state index contributed by atoms with van der Waals surface area (Å²) in [5.74, 6) is 0.128. The molecule has 0 bridgehead atoms. The van der Waals surface area contributed by atoms with E-state index in [4.69, 9.17) is 16.3 Å². The van der Waals surface area contributed by atoms with Crippen LogP contribution in [0.1, 0.15) is 30.9 Å². The molecule has 1 atom stereocenters. The number of carbonyl (C=O) groups is 2. The molecule has 0 aliphatic rings. The molecule has 3 aromatic carbocycles. The highest BCUT2D eigenvalue weighted by Gasteiger charge is 2.30. The fourth-order valence-corrected chi connectivity index (χ4v) is 3.73. The minimum absolute atomic E-state index is 0.159. The van der Waals surface area contributed by atoms with Gasteiger partial charge in [0, 0.05) is 24.5 Å². The SMILES string of the molecule is CCCCNC(=O)[C@@H](Cc1ccccc1)N(Cc1ccccc1)C(=O)COc1ccc(Cl)cc1. The summed E-state index contributed by atoms with van der Waals surface area (Å²) in [4.78, 5) is 28.4. The number of unbranched alkanes of at least 4 members (excludes halogenated alkanes) is 1. The molecule has 0 saturated heterocycles. The summed E-state index contributed by atoms with van der Waals surface area (Å²) < 4.78 is 5.74. The standard InChI is InChI=1S/C28H31ClN2O3/c1-2-3-18-30-28(33)26(19-22-10-6-4-7-11-22)31(20-23-12-8-5-9-13-23)27(32)21-34-25-16-14-24(29)15-17-25/h4-17,26H,2-3,18-21H2,1H3,(H,30,33)/t26-/m1/s1. The summed E-state index contributed by atoms with van der Waals surface area (Å²) in [6.07, 6.45) is 2.28. The Morgan fingerprint density at radius 3 is 2.15 bits per heavy atom. The van der Waals surface area contributed by atoms with E-state index in [2.05, 4.69) is 12.2 Å². The van der Waals surface area contributed by atoms with Crippen LogP contribution >= 0.6 is 11.6 Å². The number of hydrogen-bond acceptors (Lipinski definition) is 3. The molecule has 3 rings (SSSR count). The van der Waals surface area contributed by atoms with Crippen molar-refractivity contribution in [3.8, 4) is 5.75 Å². The number of hydrogen-bond donors (Lipinski definition) is 1. The van der Waals surface area contributed by atoms with Gasteiger partial charge in [-0.05, 0) is 41.8 Å². The van der Waals surface area contributed by atoms with Crippen LogP contribution in [0.25, 0.3) is 0 Å². The molecule has 0 saturated carbocycles. The summed E-state index contributed by atoms with van der Waals surface area (Å²) in [7, 11) is 0. The molecule has 178 valence electrons. The smallest absolute Gasteiger partial charge is 0.261 e. The lowest BCUT2D eigenvalue weighted by Gasteiger charge is -2.31. The zero-order valence-corrected chi connectivity index (χ0v) is 20.2. The van der Waals surface area contributed by atoms with E-state index >= 15 is 0 Å². The number of halogens is 1. The van der Waals surface area contributed by atoms with Crippen molar-refractivity contribution in [2.45, 2.75) is 38.8 Å². The van der Waals surface area contributed by atoms with Gasteiger partial charge < -0.3 is 15.0 Å². The molecule has 0 aliphatic heterocycles. The first kappa shape index (κ1) is 25.3. The van der Waals surface area contributed by atoms with E-state index in [9.17, 15) is 9.59 Å². The fourth-order valence-electron chi connectivity index (χ4n) is 3.60. The number of ether oxygens (including phenoxy) is 1. The third-order valence-electron chi connectivity index (χ3n) is 5.47. The summed E-state index contributed by atoms with van der Waals surface area (Å²) in [5, 5.41) is 3.61. The van der Waals surface area contributed by atoms with Crippen molar-refractivity contribution in [1.82, 2.24) is 10.2 Å². The van der Waals surface area contributed by atoms with E-state index in [0.29, 0.717) is 30.3 Å². The van der Waals surface area contributed by atoms with Crippen LogP contribution in [-0.2, 0) is 22.6 Å². The molecule has 0 radical (unpaired) electrons. The van der Waals surface area contributed by atoms with Gasteiger partial charge in [-0.3, -0.25) is 9.59 Å². The number of nitrogens with one attached hydrogen (secondary N) is 1. The second-order valence-electron chi connectivity index (χ2n) is 8.10. The molecule has 34 heavy (non-hydrogen) atoms. The fraction of sp³-hybridized carbons (Fsp3) is 0.286. The zero-order chi connectivity index (χ0) is 24.2. The first-order valence-corrected chi connectivity index (χ1v) is 12.0. The van der Waals surface area contributed by atoms with Crippen LogP contribution in [0.5, 0.6) is 5.75 Å². The van der Waals surface area contributed by atoms with Crippen LogP contribution in [0, 0.1) is 0 Å². The first-order chi connectivity index (χ1) is 16.6. The maximum atomic E-state index is 13.4. The molecule has 2 amide bonds. The molecule has 3 aromatic rings. The average molecular weight is 479 g/mol. The Kier molecular flexibility index (Phi) is 9.98. The predicted molar refractivity (Wildman–Crippen MR) is 136 cm³/mol. The van der Waals surface area contributed by atoms with Gasteiger partial charge in [-0.2, -0.15) is 0 Å². The zero-order valence-electron chi connectivity index (χ0n) is 19.5. The Morgan fingerprint density at radius 1 is 0.912 bits per heavy atom. The second kappa shape index (κ2) is 13.4. The van der Waals surface area contributed by atoms with Crippen molar-refractivity contribution < 1.29 is 14.3 Å². The second-order valence-corrected chi connectivity index (χ2v) is 8.54. The third kappa shape index (κ3) is 7.92. The molecular weight excluding hydrogens is 448 g/mol. The lowest BCUT2D eigenvalue weighted by Crippen LogP contribution is -2.51. The molecular formula is C28H31ClN2O3. The Hall–Kier alpha value is -3.31. The molecule has 0 unspecified atom stereocenters. The van der Waals surface area contributed by atoms with Crippen molar-refractivity contribution in [3.05, 3.63) is 101 Å². The molecule has 0 fully saturated rings. The Bertz CT molecular complexity index is 1030. The lowest BCUT2D eigenvalue weighted by atomic mass is 10.0. The van der Waals surface area contributed by atoms with E-state index in [1.54, 1.807) is 29.2 Å². The van der Waals surface area contributed by atoms with Gasteiger partial charge in [0.15, 0.2) is 6.61 Å². The maximum absolute atomic E-state index is 13.4. The van der Waals surface area contributed by atoms with Crippen LogP contribution in [0.15, 0.2) is 84.9 Å². The van der Waals surface area contributed by atoms with Crippen LogP contribution in [-0.4, -0.2) is 35.9 Å². The molecule has 0 heterocycles. The summed E-state index contributed by atoms with van der Waals surface area (Å²) in [5.41, 5.74) is 1.93. The van der Waals surface area contributed by atoms with Gasteiger partial charge >= 0.3 is 0 Å². The summed E-state index contributed by atoms with van der Waals surface area (Å²) in [6, 6.07) is 25.6. The van der Waals surface area contributed by atoms with E-state index in [1.807, 2.05) is 60.7 Å². The van der Waals surface area contributed by atoms with E-state index in [0.717, 1.165) is 24.0 Å². The van der Waals surface area contributed by atoms with Crippen LogP contribution in [0.4, 0.5) is 0 Å². The van der Waals surface area contributed by atoms with E-state index < -0.39 is 6.04 Å². The van der Waals surface area contributed by atoms with Gasteiger partial charge in [0.1, 0.15) is 11.8 Å². The molecule has 0 aromatic heterocycles. The number of carbonyl (C=O) groups excluding carboxylic acids is 2. The normalized spacial score (nSPS) is 11.5. The van der Waals surface area contributed by atoms with E-state index in [1.165, 1.54) is 0 Å². The molecule has 0 spiro atoms. The van der Waals surface area contributed by atoms with Gasteiger partial charge in [0.05, 0.1) is 0 Å². The number of benzene rings is 3. The van der Waals surface area contributed by atoms with Crippen LogP contribution in [0.2, 0.25) is 5.02 Å². The van der Waals surface area contributed by atoms with Crippen LogP contribution in [0.3, 0.4) is 0 Å². The quantitative estimate of drug-likeness (QED) is 0.360. The predicted octanol–water partition coefficient (Wildman–Crippen LogP) is 5.28. The lowest BCUT2D eigenvalue weighted by molar-refractivity contribution is -0.142. The molecule has 0 aliphatic carbocycles. The Morgan fingerprint density at radius 2 is 1.53 bits per heavy atom. The van der Waals surface area contributed by atoms with Crippen LogP contribution < -0.4 is 10.1 Å². The summed E-state index contributed by atoms with van der Waals surface area (Å²) in [6.45, 7) is 2.78. The molecule has 6 heteroatoms. The first-order valence-electron chi connectivity index (χ1n) is 11.6. The third-order valence-corrected chi connectivity index (χ3v) is 5.72. The monoisotopic (exact) mass is 478 g/mol. The van der Waals surface area contributed by atoms with Gasteiger partial charge in [0.2, 0.25) is 5.91 Å². The van der Waals surface area contributed by atoms with Gasteiger partial charge in [-0.25, -0.2) is 0 Å². The highest BCUT2D eigenvalue weighted by Crippen LogP contribution is 2.18. The van der Waals surface area contributed by atoms with Crippen molar-refractivity contribution in [2.75, 3.05) is 13.2 Å². The number of amides is 2. The average Bonchev–Trinajstić information content (AvgIpc) is 2.87.